The Morgan fingerprint density at radius 2 is 1.94 bits per heavy atom. The summed E-state index contributed by atoms with van der Waals surface area (Å²) in [4.78, 5) is 4.42. The number of benzene rings is 1. The van der Waals surface area contributed by atoms with Crippen LogP contribution < -0.4 is 20.7 Å². The number of anilines is 1. The molecule has 0 fully saturated rings. The Bertz CT molecular complexity index is 555. The Balaban J connectivity index is 2.75. The second-order valence-corrected chi connectivity index (χ2v) is 3.70. The van der Waals surface area contributed by atoms with Crippen molar-refractivity contribution in [3.8, 4) is 11.5 Å². The molecular formula is C12H15N3O2. The average molecular weight is 233 g/mol. The van der Waals surface area contributed by atoms with Gasteiger partial charge in [0.25, 0.3) is 0 Å². The number of ether oxygens (including phenoxy) is 2. The van der Waals surface area contributed by atoms with Crippen molar-refractivity contribution < 1.29 is 9.47 Å². The summed E-state index contributed by atoms with van der Waals surface area (Å²) in [6.07, 6.45) is 0. The first-order chi connectivity index (χ1) is 8.19. The highest BCUT2D eigenvalue weighted by Gasteiger charge is 2.09. The molecule has 0 saturated heterocycles. The molecule has 0 spiro atoms. The van der Waals surface area contributed by atoms with Crippen LogP contribution in [-0.2, 0) is 0 Å². The summed E-state index contributed by atoms with van der Waals surface area (Å²) in [5.74, 6) is 7.45. The number of pyridine rings is 1. The maximum Gasteiger partial charge on any atom is 0.148 e. The van der Waals surface area contributed by atoms with Gasteiger partial charge in [-0.3, -0.25) is 0 Å². The summed E-state index contributed by atoms with van der Waals surface area (Å²) in [6.45, 7) is 1.94. The summed E-state index contributed by atoms with van der Waals surface area (Å²) in [7, 11) is 3.22. The third-order valence-corrected chi connectivity index (χ3v) is 2.64. The molecule has 0 aliphatic heterocycles. The lowest BCUT2D eigenvalue weighted by molar-refractivity contribution is 0.397. The largest absolute Gasteiger partial charge is 0.497 e. The maximum atomic E-state index is 5.41. The molecule has 5 nitrogen and oxygen atoms in total. The number of nitrogen functional groups attached to an aromatic ring is 1. The molecule has 2 aromatic rings. The van der Waals surface area contributed by atoms with Gasteiger partial charge in [-0.15, -0.1) is 0 Å². The van der Waals surface area contributed by atoms with Crippen molar-refractivity contribution in [3.05, 3.63) is 23.8 Å². The Kier molecular flexibility index (Phi) is 3.01. The van der Waals surface area contributed by atoms with Gasteiger partial charge in [-0.25, -0.2) is 10.8 Å². The fourth-order valence-corrected chi connectivity index (χ4v) is 1.75. The number of hydrazine groups is 1. The number of aryl methyl sites for hydroxylation is 1. The molecule has 0 radical (unpaired) electrons. The number of methoxy groups -OCH3 is 2. The number of hydrogen-bond donors (Lipinski definition) is 2. The lowest BCUT2D eigenvalue weighted by atomic mass is 10.1. The number of aromatic nitrogens is 1. The van der Waals surface area contributed by atoms with Crippen molar-refractivity contribution in [2.24, 2.45) is 5.84 Å². The highest BCUT2D eigenvalue weighted by molar-refractivity contribution is 5.88. The number of nitrogens with one attached hydrogen (secondary N) is 1. The first-order valence-corrected chi connectivity index (χ1v) is 5.19. The fraction of sp³-hybridized carbons (Fsp3) is 0.250. The Morgan fingerprint density at radius 3 is 2.53 bits per heavy atom. The monoisotopic (exact) mass is 233 g/mol. The minimum absolute atomic E-state index is 0.640. The van der Waals surface area contributed by atoms with Crippen molar-refractivity contribution in [1.82, 2.24) is 4.98 Å². The smallest absolute Gasteiger partial charge is 0.148 e. The lowest BCUT2D eigenvalue weighted by Gasteiger charge is -2.11. The van der Waals surface area contributed by atoms with Gasteiger partial charge < -0.3 is 14.9 Å². The molecule has 1 heterocycles. The van der Waals surface area contributed by atoms with Gasteiger partial charge in [0.2, 0.25) is 0 Å². The average Bonchev–Trinajstić information content (AvgIpc) is 2.36. The van der Waals surface area contributed by atoms with Gasteiger partial charge >= 0.3 is 0 Å². The Hall–Kier alpha value is -2.01. The predicted octanol–water partition coefficient (Wildman–Crippen LogP) is 1.85. The Labute approximate surface area is 99.5 Å². The molecule has 0 saturated carbocycles. The summed E-state index contributed by atoms with van der Waals surface area (Å²) in [5.41, 5.74) is 4.29. The van der Waals surface area contributed by atoms with Crippen LogP contribution in [0.1, 0.15) is 5.56 Å². The molecule has 0 unspecified atom stereocenters. The van der Waals surface area contributed by atoms with Crippen LogP contribution in [0.4, 0.5) is 5.82 Å². The third kappa shape index (κ3) is 1.97. The first-order valence-electron chi connectivity index (χ1n) is 5.19. The molecule has 0 amide bonds. The lowest BCUT2D eigenvalue weighted by Crippen LogP contribution is -2.10. The SMILES string of the molecule is COc1cc(OC)c2nc(NN)c(C)cc2c1. The summed E-state index contributed by atoms with van der Waals surface area (Å²) in [6, 6.07) is 5.70. The van der Waals surface area contributed by atoms with Gasteiger partial charge in [0, 0.05) is 11.5 Å². The quantitative estimate of drug-likeness (QED) is 0.625. The zero-order chi connectivity index (χ0) is 12.4. The predicted molar refractivity (Wildman–Crippen MR) is 67.4 cm³/mol. The molecule has 0 bridgehead atoms. The number of rotatable bonds is 3. The van der Waals surface area contributed by atoms with E-state index < -0.39 is 0 Å². The molecular weight excluding hydrogens is 218 g/mol. The van der Waals surface area contributed by atoms with Crippen LogP contribution in [0.5, 0.6) is 11.5 Å². The van der Waals surface area contributed by atoms with Gasteiger partial charge in [0.1, 0.15) is 22.8 Å². The molecule has 1 aromatic carbocycles. The van der Waals surface area contributed by atoms with E-state index >= 15 is 0 Å². The van der Waals surface area contributed by atoms with E-state index in [2.05, 4.69) is 10.4 Å². The molecule has 0 aliphatic rings. The molecule has 3 N–H and O–H groups in total. The van der Waals surface area contributed by atoms with Crippen molar-refractivity contribution in [2.45, 2.75) is 6.92 Å². The summed E-state index contributed by atoms with van der Waals surface area (Å²) < 4.78 is 10.5. The normalized spacial score (nSPS) is 10.4. The van der Waals surface area contributed by atoms with E-state index in [1.807, 2.05) is 19.1 Å². The molecule has 5 heteroatoms. The molecule has 90 valence electrons. The van der Waals surface area contributed by atoms with Gasteiger partial charge in [0.15, 0.2) is 0 Å². The van der Waals surface area contributed by atoms with Crippen molar-refractivity contribution >= 4 is 16.7 Å². The molecule has 2 rings (SSSR count). The van der Waals surface area contributed by atoms with E-state index in [0.29, 0.717) is 11.6 Å². The Morgan fingerprint density at radius 1 is 1.18 bits per heavy atom. The minimum Gasteiger partial charge on any atom is -0.497 e. The van der Waals surface area contributed by atoms with Crippen molar-refractivity contribution in [3.63, 3.8) is 0 Å². The summed E-state index contributed by atoms with van der Waals surface area (Å²) >= 11 is 0. The second kappa shape index (κ2) is 4.47. The highest BCUT2D eigenvalue weighted by Crippen LogP contribution is 2.31. The van der Waals surface area contributed by atoms with Crippen LogP contribution in [-0.4, -0.2) is 19.2 Å². The van der Waals surface area contributed by atoms with Gasteiger partial charge in [0.05, 0.1) is 14.2 Å². The van der Waals surface area contributed by atoms with Crippen LogP contribution >= 0.6 is 0 Å². The van der Waals surface area contributed by atoms with E-state index in [1.165, 1.54) is 0 Å². The zero-order valence-corrected chi connectivity index (χ0v) is 10.1. The maximum absolute atomic E-state index is 5.41. The zero-order valence-electron chi connectivity index (χ0n) is 10.1. The van der Waals surface area contributed by atoms with E-state index in [-0.39, 0.29) is 0 Å². The first kappa shape index (κ1) is 11.5. The van der Waals surface area contributed by atoms with E-state index in [4.69, 9.17) is 15.3 Å². The fourth-order valence-electron chi connectivity index (χ4n) is 1.75. The molecule has 0 atom stereocenters. The standard InChI is InChI=1S/C12H15N3O2/c1-7-4-8-5-9(16-2)6-10(17-3)11(8)14-12(7)15-13/h4-6H,13H2,1-3H3,(H,14,15). The van der Waals surface area contributed by atoms with Crippen LogP contribution in [0.25, 0.3) is 10.9 Å². The third-order valence-electron chi connectivity index (χ3n) is 2.64. The molecule has 17 heavy (non-hydrogen) atoms. The van der Waals surface area contributed by atoms with Crippen LogP contribution in [0, 0.1) is 6.92 Å². The van der Waals surface area contributed by atoms with Gasteiger partial charge in [-0.2, -0.15) is 0 Å². The van der Waals surface area contributed by atoms with Crippen molar-refractivity contribution in [1.29, 1.82) is 0 Å². The van der Waals surface area contributed by atoms with Crippen LogP contribution in [0.15, 0.2) is 18.2 Å². The number of nitrogens with two attached hydrogens (primary N) is 1. The summed E-state index contributed by atoms with van der Waals surface area (Å²) in [5, 5.41) is 0.956. The van der Waals surface area contributed by atoms with Gasteiger partial charge in [-0.05, 0) is 24.6 Å². The van der Waals surface area contributed by atoms with E-state index in [1.54, 1.807) is 20.3 Å². The van der Waals surface area contributed by atoms with E-state index in [9.17, 15) is 0 Å². The number of hydrogen-bond acceptors (Lipinski definition) is 5. The minimum atomic E-state index is 0.640. The van der Waals surface area contributed by atoms with Crippen molar-refractivity contribution in [2.75, 3.05) is 19.6 Å². The topological polar surface area (TPSA) is 69.4 Å². The van der Waals surface area contributed by atoms with Gasteiger partial charge in [-0.1, -0.05) is 0 Å². The molecule has 0 aliphatic carbocycles. The van der Waals surface area contributed by atoms with Crippen LogP contribution in [0.2, 0.25) is 0 Å². The number of nitrogens with zero attached hydrogens (tertiary/aromatic N) is 1. The molecule has 1 aromatic heterocycles. The second-order valence-electron chi connectivity index (χ2n) is 3.70. The van der Waals surface area contributed by atoms with Crippen LogP contribution in [0.3, 0.4) is 0 Å². The number of fused-ring (bicyclic) bond motifs is 1. The highest BCUT2D eigenvalue weighted by atomic mass is 16.5. The van der Waals surface area contributed by atoms with E-state index in [0.717, 1.165) is 22.2 Å².